The third-order valence-corrected chi connectivity index (χ3v) is 5.06. The topological polar surface area (TPSA) is 74.2 Å². The molecule has 0 radical (unpaired) electrons. The van der Waals surface area contributed by atoms with E-state index in [-0.39, 0.29) is 5.91 Å². The molecular formula is C22H24N6O. The second kappa shape index (κ2) is 8.68. The van der Waals surface area contributed by atoms with Crippen molar-refractivity contribution in [2.24, 2.45) is 0 Å². The zero-order valence-corrected chi connectivity index (χ0v) is 16.5. The van der Waals surface area contributed by atoms with E-state index in [0.29, 0.717) is 24.6 Å². The molecule has 0 bridgehead atoms. The van der Waals surface area contributed by atoms with Gasteiger partial charge in [-0.15, -0.1) is 0 Å². The summed E-state index contributed by atoms with van der Waals surface area (Å²) >= 11 is 0. The lowest BCUT2D eigenvalue weighted by Crippen LogP contribution is -2.49. The number of rotatable bonds is 5. The second-order valence-electron chi connectivity index (χ2n) is 6.93. The maximum absolute atomic E-state index is 12.9. The molecule has 1 fully saturated rings. The van der Waals surface area contributed by atoms with Crippen molar-refractivity contribution in [1.82, 2.24) is 19.9 Å². The van der Waals surface area contributed by atoms with Crippen LogP contribution < -0.4 is 10.2 Å². The van der Waals surface area contributed by atoms with Crippen LogP contribution in [-0.4, -0.2) is 51.9 Å². The summed E-state index contributed by atoms with van der Waals surface area (Å²) in [6, 6.07) is 15.8. The van der Waals surface area contributed by atoms with Crippen LogP contribution in [0, 0.1) is 0 Å². The van der Waals surface area contributed by atoms with E-state index >= 15 is 0 Å². The number of benzene rings is 1. The van der Waals surface area contributed by atoms with Crippen LogP contribution in [0.3, 0.4) is 0 Å². The Morgan fingerprint density at radius 1 is 1.00 bits per heavy atom. The zero-order valence-electron chi connectivity index (χ0n) is 16.5. The van der Waals surface area contributed by atoms with E-state index in [4.69, 9.17) is 0 Å². The van der Waals surface area contributed by atoms with Gasteiger partial charge in [-0.2, -0.15) is 0 Å². The summed E-state index contributed by atoms with van der Waals surface area (Å²) < 4.78 is 0. The van der Waals surface area contributed by atoms with Crippen molar-refractivity contribution in [3.8, 4) is 0 Å². The first-order valence-electron chi connectivity index (χ1n) is 9.86. The number of carbonyl (C=O) groups excluding carboxylic acids is 1. The molecule has 0 aliphatic carbocycles. The third kappa shape index (κ3) is 4.51. The molecule has 148 valence electrons. The summed E-state index contributed by atoms with van der Waals surface area (Å²) in [4.78, 5) is 29.8. The predicted molar refractivity (Wildman–Crippen MR) is 113 cm³/mol. The van der Waals surface area contributed by atoms with Crippen LogP contribution in [0.2, 0.25) is 0 Å². The van der Waals surface area contributed by atoms with Gasteiger partial charge in [-0.25, -0.2) is 15.0 Å². The van der Waals surface area contributed by atoms with Gasteiger partial charge in [0.05, 0.1) is 0 Å². The Hall–Kier alpha value is -3.48. The Balaban J connectivity index is 1.39. The Labute approximate surface area is 170 Å². The Kier molecular flexibility index (Phi) is 5.65. The smallest absolute Gasteiger partial charge is 0.272 e. The maximum atomic E-state index is 12.9. The van der Waals surface area contributed by atoms with Crippen LogP contribution in [0.15, 0.2) is 61.1 Å². The van der Waals surface area contributed by atoms with Crippen LogP contribution >= 0.6 is 0 Å². The fourth-order valence-electron chi connectivity index (χ4n) is 3.36. The van der Waals surface area contributed by atoms with Gasteiger partial charge in [-0.05, 0) is 36.2 Å². The highest BCUT2D eigenvalue weighted by molar-refractivity contribution is 5.93. The number of aryl methyl sites for hydroxylation is 1. The van der Waals surface area contributed by atoms with Crippen LogP contribution in [-0.2, 0) is 6.42 Å². The lowest BCUT2D eigenvalue weighted by molar-refractivity contribution is 0.0740. The molecule has 3 aromatic rings. The molecule has 0 unspecified atom stereocenters. The molecule has 1 aromatic carbocycles. The van der Waals surface area contributed by atoms with Gasteiger partial charge in [0.15, 0.2) is 0 Å². The quantitative estimate of drug-likeness (QED) is 0.724. The molecule has 1 saturated heterocycles. The van der Waals surface area contributed by atoms with E-state index in [1.54, 1.807) is 12.3 Å². The van der Waals surface area contributed by atoms with Crippen LogP contribution in [0.5, 0.6) is 0 Å². The average Bonchev–Trinajstić information content (AvgIpc) is 2.80. The number of hydrogen-bond acceptors (Lipinski definition) is 6. The highest BCUT2D eigenvalue weighted by Crippen LogP contribution is 2.18. The normalized spacial score (nSPS) is 14.0. The molecule has 29 heavy (non-hydrogen) atoms. The minimum atomic E-state index is -0.0718. The van der Waals surface area contributed by atoms with Gasteiger partial charge >= 0.3 is 0 Å². The monoisotopic (exact) mass is 388 g/mol. The Morgan fingerprint density at radius 3 is 2.48 bits per heavy atom. The highest BCUT2D eigenvalue weighted by atomic mass is 16.2. The van der Waals surface area contributed by atoms with E-state index in [0.717, 1.165) is 31.0 Å². The lowest BCUT2D eigenvalue weighted by Gasteiger charge is -2.35. The molecule has 4 rings (SSSR count). The summed E-state index contributed by atoms with van der Waals surface area (Å²) in [6.07, 6.45) is 4.22. The number of anilines is 3. The molecule has 0 saturated carbocycles. The van der Waals surface area contributed by atoms with Crippen molar-refractivity contribution in [2.45, 2.75) is 13.3 Å². The van der Waals surface area contributed by atoms with Crippen molar-refractivity contribution >= 4 is 23.2 Å². The van der Waals surface area contributed by atoms with Crippen molar-refractivity contribution in [1.29, 1.82) is 0 Å². The molecule has 7 nitrogen and oxygen atoms in total. The molecule has 0 atom stereocenters. The highest BCUT2D eigenvalue weighted by Gasteiger charge is 2.23. The van der Waals surface area contributed by atoms with E-state index in [9.17, 15) is 4.79 Å². The minimum Gasteiger partial charge on any atom is -0.353 e. The van der Waals surface area contributed by atoms with Crippen LogP contribution in [0.1, 0.15) is 23.0 Å². The summed E-state index contributed by atoms with van der Waals surface area (Å²) in [5.41, 5.74) is 2.61. The van der Waals surface area contributed by atoms with Gasteiger partial charge in [0.25, 0.3) is 5.91 Å². The Morgan fingerprint density at radius 2 is 1.79 bits per heavy atom. The predicted octanol–water partition coefficient (Wildman–Crippen LogP) is 3.14. The first kappa shape index (κ1) is 18.9. The van der Waals surface area contributed by atoms with Crippen molar-refractivity contribution in [2.75, 3.05) is 36.4 Å². The average molecular weight is 388 g/mol. The lowest BCUT2D eigenvalue weighted by atomic mass is 10.1. The van der Waals surface area contributed by atoms with E-state index < -0.39 is 0 Å². The van der Waals surface area contributed by atoms with Crippen molar-refractivity contribution in [3.63, 3.8) is 0 Å². The second-order valence-corrected chi connectivity index (χ2v) is 6.93. The standard InChI is InChI=1S/C22H24N6O/c1-2-17-6-8-18(9-7-17)26-20-15-19(24-16-25-20)22(29)28-13-11-27(12-14-28)21-5-3-4-10-23-21/h3-10,15-16H,2,11-14H2,1H3,(H,24,25,26). The number of hydrogen-bond donors (Lipinski definition) is 1. The minimum absolute atomic E-state index is 0.0718. The first-order chi connectivity index (χ1) is 14.2. The molecular weight excluding hydrogens is 364 g/mol. The zero-order chi connectivity index (χ0) is 20.1. The molecule has 1 amide bonds. The van der Waals surface area contributed by atoms with Crippen LogP contribution in [0.25, 0.3) is 0 Å². The summed E-state index contributed by atoms with van der Waals surface area (Å²) in [5, 5.41) is 3.24. The SMILES string of the molecule is CCc1ccc(Nc2cc(C(=O)N3CCN(c4ccccn4)CC3)ncn2)cc1. The van der Waals surface area contributed by atoms with Gasteiger partial charge in [-0.3, -0.25) is 4.79 Å². The fourth-order valence-corrected chi connectivity index (χ4v) is 3.36. The molecule has 0 spiro atoms. The largest absolute Gasteiger partial charge is 0.353 e. The number of carbonyl (C=O) groups is 1. The maximum Gasteiger partial charge on any atom is 0.272 e. The van der Waals surface area contributed by atoms with Crippen LogP contribution in [0.4, 0.5) is 17.3 Å². The van der Waals surface area contributed by atoms with Gasteiger partial charge in [-0.1, -0.05) is 25.1 Å². The van der Waals surface area contributed by atoms with Gasteiger partial charge < -0.3 is 15.1 Å². The Bertz CT molecular complexity index is 953. The number of pyridine rings is 1. The van der Waals surface area contributed by atoms with Gasteiger partial charge in [0.1, 0.15) is 23.7 Å². The molecule has 1 N–H and O–H groups in total. The number of aromatic nitrogens is 3. The summed E-state index contributed by atoms with van der Waals surface area (Å²) in [5.74, 6) is 1.49. The summed E-state index contributed by atoms with van der Waals surface area (Å²) in [7, 11) is 0. The summed E-state index contributed by atoms with van der Waals surface area (Å²) in [6.45, 7) is 4.91. The molecule has 1 aliphatic heterocycles. The molecule has 7 heteroatoms. The van der Waals surface area contributed by atoms with E-state index in [1.165, 1.54) is 11.9 Å². The van der Waals surface area contributed by atoms with Crippen molar-refractivity contribution in [3.05, 3.63) is 72.3 Å². The number of piperazine rings is 1. The molecule has 1 aliphatic rings. The fraction of sp³-hybridized carbons (Fsp3) is 0.273. The molecule has 2 aromatic heterocycles. The number of nitrogens with zero attached hydrogens (tertiary/aromatic N) is 5. The van der Waals surface area contributed by atoms with Gasteiger partial charge in [0.2, 0.25) is 0 Å². The number of amides is 1. The molecule has 3 heterocycles. The van der Waals surface area contributed by atoms with Gasteiger partial charge in [0, 0.05) is 44.1 Å². The third-order valence-electron chi connectivity index (χ3n) is 5.06. The van der Waals surface area contributed by atoms with E-state index in [2.05, 4.69) is 44.2 Å². The van der Waals surface area contributed by atoms with E-state index in [1.807, 2.05) is 35.2 Å². The first-order valence-corrected chi connectivity index (χ1v) is 9.86. The van der Waals surface area contributed by atoms with Crippen molar-refractivity contribution < 1.29 is 4.79 Å². The number of nitrogens with one attached hydrogen (secondary N) is 1.